The van der Waals surface area contributed by atoms with E-state index < -0.39 is 0 Å². The minimum absolute atomic E-state index is 0.155. The van der Waals surface area contributed by atoms with Crippen molar-refractivity contribution >= 4 is 11.8 Å². The van der Waals surface area contributed by atoms with Gasteiger partial charge < -0.3 is 19.3 Å². The van der Waals surface area contributed by atoms with Crippen LogP contribution in [0.1, 0.15) is 168 Å². The molecule has 248 valence electrons. The SMILES string of the molecule is CCCCC(CC)(COCC(=O)N(C1CCCCC1)C1CCCCC1)COCC(=O)N(C1CCCCC1)C1CCCCC1. The molecular formula is C37H66N2O4. The van der Waals surface area contributed by atoms with Gasteiger partial charge in [-0.05, 0) is 64.2 Å². The third-order valence-corrected chi connectivity index (χ3v) is 11.5. The highest BCUT2D eigenvalue weighted by molar-refractivity contribution is 5.78. The first-order valence-electron chi connectivity index (χ1n) is 18.8. The second-order valence-corrected chi connectivity index (χ2v) is 14.7. The third kappa shape index (κ3) is 10.4. The van der Waals surface area contributed by atoms with Crippen LogP contribution in [0.2, 0.25) is 0 Å². The quantitative estimate of drug-likeness (QED) is 0.178. The lowest BCUT2D eigenvalue weighted by molar-refractivity contribution is -0.147. The van der Waals surface area contributed by atoms with Crippen LogP contribution >= 0.6 is 0 Å². The van der Waals surface area contributed by atoms with Gasteiger partial charge >= 0.3 is 0 Å². The smallest absolute Gasteiger partial charge is 0.249 e. The zero-order valence-electron chi connectivity index (χ0n) is 28.1. The molecule has 0 aliphatic heterocycles. The number of hydrogen-bond donors (Lipinski definition) is 0. The van der Waals surface area contributed by atoms with Crippen molar-refractivity contribution in [3.63, 3.8) is 0 Å². The molecule has 0 bridgehead atoms. The maximum Gasteiger partial charge on any atom is 0.249 e. The average molecular weight is 603 g/mol. The fourth-order valence-corrected chi connectivity index (χ4v) is 8.83. The zero-order chi connectivity index (χ0) is 30.3. The second kappa shape index (κ2) is 18.7. The molecule has 4 rings (SSSR count). The minimum atomic E-state index is -0.155. The summed E-state index contributed by atoms with van der Waals surface area (Å²) >= 11 is 0. The second-order valence-electron chi connectivity index (χ2n) is 14.7. The Hall–Kier alpha value is -1.14. The Morgan fingerprint density at radius 3 is 1.16 bits per heavy atom. The molecule has 43 heavy (non-hydrogen) atoms. The average Bonchev–Trinajstić information content (AvgIpc) is 3.06. The van der Waals surface area contributed by atoms with Crippen molar-refractivity contribution < 1.29 is 19.1 Å². The maximum absolute atomic E-state index is 13.7. The van der Waals surface area contributed by atoms with Gasteiger partial charge in [0.25, 0.3) is 0 Å². The molecule has 0 aromatic heterocycles. The first kappa shape index (κ1) is 34.7. The van der Waals surface area contributed by atoms with Crippen LogP contribution in [0.4, 0.5) is 0 Å². The molecule has 0 atom stereocenters. The fraction of sp³-hybridized carbons (Fsp3) is 0.946. The van der Waals surface area contributed by atoms with E-state index >= 15 is 0 Å². The monoisotopic (exact) mass is 603 g/mol. The molecule has 0 saturated heterocycles. The number of unbranched alkanes of at least 4 members (excludes halogenated alkanes) is 1. The topological polar surface area (TPSA) is 59.1 Å². The van der Waals surface area contributed by atoms with E-state index in [1.807, 2.05) is 0 Å². The molecule has 2 amide bonds. The summed E-state index contributed by atoms with van der Waals surface area (Å²) in [5.41, 5.74) is -0.155. The molecule has 6 nitrogen and oxygen atoms in total. The number of carbonyl (C=O) groups excluding carboxylic acids is 2. The van der Waals surface area contributed by atoms with Gasteiger partial charge in [-0.25, -0.2) is 0 Å². The molecule has 0 aromatic carbocycles. The summed E-state index contributed by atoms with van der Waals surface area (Å²) in [7, 11) is 0. The first-order chi connectivity index (χ1) is 21.1. The Kier molecular flexibility index (Phi) is 15.1. The van der Waals surface area contributed by atoms with Gasteiger partial charge in [-0.2, -0.15) is 0 Å². The summed E-state index contributed by atoms with van der Waals surface area (Å²) < 4.78 is 12.7. The summed E-state index contributed by atoms with van der Waals surface area (Å²) in [6.45, 7) is 5.86. The van der Waals surface area contributed by atoms with Crippen molar-refractivity contribution in [1.29, 1.82) is 0 Å². The predicted molar refractivity (Wildman–Crippen MR) is 175 cm³/mol. The molecule has 4 fully saturated rings. The molecule has 0 spiro atoms. The third-order valence-electron chi connectivity index (χ3n) is 11.5. The van der Waals surface area contributed by atoms with E-state index in [0.29, 0.717) is 37.4 Å². The lowest BCUT2D eigenvalue weighted by Gasteiger charge is -2.42. The van der Waals surface area contributed by atoms with Crippen LogP contribution in [0.3, 0.4) is 0 Å². The number of rotatable bonds is 16. The highest BCUT2D eigenvalue weighted by atomic mass is 16.5. The van der Waals surface area contributed by atoms with E-state index in [2.05, 4.69) is 23.6 Å². The Balaban J connectivity index is 1.33. The van der Waals surface area contributed by atoms with Gasteiger partial charge in [0.2, 0.25) is 11.8 Å². The summed E-state index contributed by atoms with van der Waals surface area (Å²) in [4.78, 5) is 32.0. The first-order valence-corrected chi connectivity index (χ1v) is 18.8. The van der Waals surface area contributed by atoms with Crippen molar-refractivity contribution in [3.05, 3.63) is 0 Å². The van der Waals surface area contributed by atoms with E-state index in [0.717, 1.165) is 77.0 Å². The Morgan fingerprint density at radius 2 is 0.884 bits per heavy atom. The Labute approximate surface area is 264 Å². The lowest BCUT2D eigenvalue weighted by atomic mass is 9.81. The van der Waals surface area contributed by atoms with E-state index in [1.54, 1.807) is 0 Å². The maximum atomic E-state index is 13.7. The summed E-state index contributed by atoms with van der Waals surface area (Å²) in [6, 6.07) is 1.59. The van der Waals surface area contributed by atoms with Gasteiger partial charge in [0.1, 0.15) is 13.2 Å². The number of nitrogens with zero attached hydrogens (tertiary/aromatic N) is 2. The van der Waals surface area contributed by atoms with Crippen molar-refractivity contribution in [2.75, 3.05) is 26.4 Å². The molecule has 4 aliphatic carbocycles. The number of amides is 2. The lowest BCUT2D eigenvalue weighted by Crippen LogP contribution is -2.50. The van der Waals surface area contributed by atoms with Crippen molar-refractivity contribution in [2.24, 2.45) is 5.41 Å². The van der Waals surface area contributed by atoms with Crippen molar-refractivity contribution in [1.82, 2.24) is 9.80 Å². The van der Waals surface area contributed by atoms with E-state index in [9.17, 15) is 9.59 Å². The highest BCUT2D eigenvalue weighted by Crippen LogP contribution is 2.34. The molecule has 6 heteroatoms. The van der Waals surface area contributed by atoms with E-state index in [4.69, 9.17) is 9.47 Å². The fourth-order valence-electron chi connectivity index (χ4n) is 8.83. The minimum Gasteiger partial charge on any atom is -0.371 e. The molecule has 0 radical (unpaired) electrons. The van der Waals surface area contributed by atoms with Crippen LogP contribution in [0.25, 0.3) is 0 Å². The van der Waals surface area contributed by atoms with E-state index in [-0.39, 0.29) is 30.4 Å². The van der Waals surface area contributed by atoms with Crippen molar-refractivity contribution in [3.8, 4) is 0 Å². The largest absolute Gasteiger partial charge is 0.371 e. The normalized spacial score (nSPS) is 22.0. The van der Waals surface area contributed by atoms with Gasteiger partial charge in [-0.15, -0.1) is 0 Å². The van der Waals surface area contributed by atoms with Crippen LogP contribution in [-0.4, -0.2) is 72.2 Å². The van der Waals surface area contributed by atoms with Gasteiger partial charge in [0, 0.05) is 29.6 Å². The van der Waals surface area contributed by atoms with Crippen LogP contribution in [-0.2, 0) is 19.1 Å². The number of hydrogen-bond acceptors (Lipinski definition) is 4. The van der Waals surface area contributed by atoms with E-state index in [1.165, 1.54) is 77.0 Å². The van der Waals surface area contributed by atoms with Crippen LogP contribution in [0.15, 0.2) is 0 Å². The van der Waals surface area contributed by atoms with Crippen LogP contribution in [0, 0.1) is 5.41 Å². The molecule has 4 saturated carbocycles. The summed E-state index contributed by atoms with van der Waals surface area (Å²) in [6.07, 6.45) is 28.5. The Bertz CT molecular complexity index is 700. The van der Waals surface area contributed by atoms with Gasteiger partial charge in [-0.1, -0.05) is 104 Å². The molecule has 0 N–H and O–H groups in total. The molecule has 0 unspecified atom stereocenters. The summed E-state index contributed by atoms with van der Waals surface area (Å²) in [5.74, 6) is 0.400. The Morgan fingerprint density at radius 1 is 0.558 bits per heavy atom. The van der Waals surface area contributed by atoms with Gasteiger partial charge in [0.15, 0.2) is 0 Å². The number of ether oxygens (including phenoxy) is 2. The molecule has 4 aliphatic rings. The standard InChI is InChI=1S/C37H66N2O4/c1-3-5-26-37(4-2,29-42-27-35(40)38(31-18-10-6-11-19-31)32-20-12-7-13-21-32)30-43-28-36(41)39(33-22-14-8-15-23-33)34-24-16-9-17-25-34/h31-34H,3-30H2,1-2H3. The van der Waals surface area contributed by atoms with Crippen LogP contribution in [0.5, 0.6) is 0 Å². The van der Waals surface area contributed by atoms with Crippen molar-refractivity contribution in [2.45, 2.75) is 192 Å². The zero-order valence-corrected chi connectivity index (χ0v) is 28.1. The van der Waals surface area contributed by atoms with Gasteiger partial charge in [0.05, 0.1) is 13.2 Å². The molecule has 0 heterocycles. The molecular weight excluding hydrogens is 536 g/mol. The van der Waals surface area contributed by atoms with Crippen LogP contribution < -0.4 is 0 Å². The number of carbonyl (C=O) groups is 2. The summed E-state index contributed by atoms with van der Waals surface area (Å²) in [5, 5.41) is 0. The van der Waals surface area contributed by atoms with Gasteiger partial charge in [-0.3, -0.25) is 9.59 Å². The highest BCUT2D eigenvalue weighted by Gasteiger charge is 2.36. The molecule has 0 aromatic rings. The predicted octanol–water partition coefficient (Wildman–Crippen LogP) is 8.59.